The third kappa shape index (κ3) is 3.09. The predicted octanol–water partition coefficient (Wildman–Crippen LogP) is 3.60. The largest absolute Gasteiger partial charge is 0.302 e. The van der Waals surface area contributed by atoms with Crippen LogP contribution in [0.25, 0.3) is 5.65 Å². The number of pyridine rings is 1. The number of fused-ring (bicyclic) bond motifs is 1. The Hall–Kier alpha value is -2.14. The summed E-state index contributed by atoms with van der Waals surface area (Å²) in [5, 5.41) is 4.68. The van der Waals surface area contributed by atoms with E-state index in [4.69, 9.17) is 4.98 Å². The lowest BCUT2D eigenvalue weighted by molar-refractivity contribution is 0.170. The summed E-state index contributed by atoms with van der Waals surface area (Å²) in [6, 6.07) is 7.03. The molecule has 3 aromatic heterocycles. The lowest BCUT2D eigenvalue weighted by Crippen LogP contribution is -2.35. The standard InChI is InChI=1S/C20H27N5/c1-14-5-10-24-19(17(4)21-20(24)11-14)13-23-8-6-18(7-9-23)25-16(3)12-15(2)22-25/h5,10-12,18H,6-9,13H2,1-4H3. The first-order valence-electron chi connectivity index (χ1n) is 9.20. The van der Waals surface area contributed by atoms with E-state index in [0.717, 1.165) is 49.5 Å². The van der Waals surface area contributed by atoms with Gasteiger partial charge < -0.3 is 4.40 Å². The van der Waals surface area contributed by atoms with Crippen molar-refractivity contribution >= 4 is 5.65 Å². The van der Waals surface area contributed by atoms with Crippen molar-refractivity contribution in [3.05, 3.63) is 52.7 Å². The molecule has 0 aromatic carbocycles. The Morgan fingerprint density at radius 2 is 1.84 bits per heavy atom. The van der Waals surface area contributed by atoms with Gasteiger partial charge in [0.05, 0.1) is 23.1 Å². The van der Waals surface area contributed by atoms with E-state index >= 15 is 0 Å². The van der Waals surface area contributed by atoms with Crippen LogP contribution in [-0.2, 0) is 6.54 Å². The summed E-state index contributed by atoms with van der Waals surface area (Å²) in [4.78, 5) is 7.29. The van der Waals surface area contributed by atoms with Gasteiger partial charge in [0, 0.05) is 31.5 Å². The number of likely N-dealkylation sites (tertiary alicyclic amines) is 1. The van der Waals surface area contributed by atoms with Crippen LogP contribution in [0.15, 0.2) is 24.4 Å². The highest BCUT2D eigenvalue weighted by Gasteiger charge is 2.23. The molecule has 0 spiro atoms. The van der Waals surface area contributed by atoms with Crippen molar-refractivity contribution in [1.82, 2.24) is 24.1 Å². The van der Waals surface area contributed by atoms with E-state index in [1.165, 1.54) is 17.0 Å². The zero-order valence-corrected chi connectivity index (χ0v) is 15.7. The number of hydrogen-bond acceptors (Lipinski definition) is 3. The first-order chi connectivity index (χ1) is 12.0. The fraction of sp³-hybridized carbons (Fsp3) is 0.500. The molecule has 4 heterocycles. The Kier molecular flexibility index (Phi) is 4.12. The lowest BCUT2D eigenvalue weighted by atomic mass is 10.0. The Morgan fingerprint density at radius 1 is 1.08 bits per heavy atom. The summed E-state index contributed by atoms with van der Waals surface area (Å²) in [6.45, 7) is 11.7. The number of aromatic nitrogens is 4. The molecule has 1 aliphatic heterocycles. The zero-order valence-electron chi connectivity index (χ0n) is 15.7. The maximum Gasteiger partial charge on any atom is 0.137 e. The van der Waals surface area contributed by atoms with E-state index in [-0.39, 0.29) is 0 Å². The first-order valence-corrected chi connectivity index (χ1v) is 9.20. The van der Waals surface area contributed by atoms with Crippen LogP contribution in [0.2, 0.25) is 0 Å². The van der Waals surface area contributed by atoms with Crippen molar-refractivity contribution in [3.8, 4) is 0 Å². The van der Waals surface area contributed by atoms with Crippen LogP contribution in [0.1, 0.15) is 47.2 Å². The maximum absolute atomic E-state index is 4.74. The molecular weight excluding hydrogens is 310 g/mol. The van der Waals surface area contributed by atoms with Crippen LogP contribution < -0.4 is 0 Å². The fourth-order valence-electron chi connectivity index (χ4n) is 4.05. The second-order valence-corrected chi connectivity index (χ2v) is 7.46. The molecule has 0 amide bonds. The highest BCUT2D eigenvalue weighted by atomic mass is 15.3. The van der Waals surface area contributed by atoms with E-state index in [0.29, 0.717) is 6.04 Å². The van der Waals surface area contributed by atoms with Gasteiger partial charge in [-0.1, -0.05) is 0 Å². The second kappa shape index (κ2) is 6.30. The van der Waals surface area contributed by atoms with Gasteiger partial charge in [0.15, 0.2) is 0 Å². The number of rotatable bonds is 3. The van der Waals surface area contributed by atoms with Gasteiger partial charge in [-0.05, 0) is 64.3 Å². The van der Waals surface area contributed by atoms with Crippen molar-refractivity contribution in [3.63, 3.8) is 0 Å². The van der Waals surface area contributed by atoms with Gasteiger partial charge >= 0.3 is 0 Å². The monoisotopic (exact) mass is 337 g/mol. The SMILES string of the molecule is Cc1ccn2c(CN3CCC(n4nc(C)cc4C)CC3)c(C)nc2c1. The highest BCUT2D eigenvalue weighted by molar-refractivity contribution is 5.45. The molecule has 4 rings (SSSR count). The quantitative estimate of drug-likeness (QED) is 0.733. The minimum Gasteiger partial charge on any atom is -0.302 e. The molecule has 1 saturated heterocycles. The summed E-state index contributed by atoms with van der Waals surface area (Å²) in [7, 11) is 0. The van der Waals surface area contributed by atoms with Crippen LogP contribution >= 0.6 is 0 Å². The van der Waals surface area contributed by atoms with Crippen LogP contribution in [-0.4, -0.2) is 37.2 Å². The van der Waals surface area contributed by atoms with E-state index in [2.05, 4.69) is 71.2 Å². The normalized spacial score (nSPS) is 16.8. The molecule has 0 unspecified atom stereocenters. The minimum atomic E-state index is 0.538. The number of aryl methyl sites for hydroxylation is 4. The molecule has 5 nitrogen and oxygen atoms in total. The number of piperidine rings is 1. The van der Waals surface area contributed by atoms with Crippen LogP contribution in [0.5, 0.6) is 0 Å². The predicted molar refractivity (Wildman–Crippen MR) is 99.9 cm³/mol. The molecule has 1 fully saturated rings. The van der Waals surface area contributed by atoms with Crippen molar-refractivity contribution in [2.45, 2.75) is 53.1 Å². The smallest absolute Gasteiger partial charge is 0.137 e. The van der Waals surface area contributed by atoms with Gasteiger partial charge in [-0.3, -0.25) is 9.58 Å². The van der Waals surface area contributed by atoms with Gasteiger partial charge in [0.2, 0.25) is 0 Å². The molecule has 0 N–H and O–H groups in total. The fourth-order valence-corrected chi connectivity index (χ4v) is 4.05. The third-order valence-electron chi connectivity index (χ3n) is 5.40. The third-order valence-corrected chi connectivity index (χ3v) is 5.40. The Bertz CT molecular complexity index is 896. The average molecular weight is 337 g/mol. The van der Waals surface area contributed by atoms with E-state index < -0.39 is 0 Å². The summed E-state index contributed by atoms with van der Waals surface area (Å²) in [5.41, 5.74) is 7.19. The molecule has 0 bridgehead atoms. The van der Waals surface area contributed by atoms with Gasteiger partial charge in [-0.15, -0.1) is 0 Å². The molecule has 132 valence electrons. The van der Waals surface area contributed by atoms with Crippen LogP contribution in [0.3, 0.4) is 0 Å². The molecule has 25 heavy (non-hydrogen) atoms. The van der Waals surface area contributed by atoms with Crippen molar-refractivity contribution < 1.29 is 0 Å². The molecular formula is C20H27N5. The van der Waals surface area contributed by atoms with E-state index in [1.54, 1.807) is 0 Å². The molecule has 1 aliphatic rings. The molecule has 0 aliphatic carbocycles. The first kappa shape index (κ1) is 16.3. The Morgan fingerprint density at radius 3 is 2.52 bits per heavy atom. The summed E-state index contributed by atoms with van der Waals surface area (Å²) < 4.78 is 4.48. The van der Waals surface area contributed by atoms with E-state index in [9.17, 15) is 0 Å². The molecule has 5 heteroatoms. The van der Waals surface area contributed by atoms with Gasteiger partial charge in [-0.25, -0.2) is 4.98 Å². The Labute approximate surface area is 149 Å². The average Bonchev–Trinajstić information content (AvgIpc) is 3.07. The highest BCUT2D eigenvalue weighted by Crippen LogP contribution is 2.25. The minimum absolute atomic E-state index is 0.538. The number of hydrogen-bond donors (Lipinski definition) is 0. The summed E-state index contributed by atoms with van der Waals surface area (Å²) in [5.74, 6) is 0. The van der Waals surface area contributed by atoms with Crippen molar-refractivity contribution in [1.29, 1.82) is 0 Å². The van der Waals surface area contributed by atoms with Gasteiger partial charge in [-0.2, -0.15) is 5.10 Å². The topological polar surface area (TPSA) is 38.4 Å². The lowest BCUT2D eigenvalue weighted by Gasteiger charge is -2.32. The van der Waals surface area contributed by atoms with Gasteiger partial charge in [0.1, 0.15) is 5.65 Å². The molecule has 0 atom stereocenters. The zero-order chi connectivity index (χ0) is 17.6. The van der Waals surface area contributed by atoms with E-state index in [1.807, 2.05) is 0 Å². The number of nitrogens with zero attached hydrogens (tertiary/aromatic N) is 5. The number of imidazole rings is 1. The molecule has 3 aromatic rings. The van der Waals surface area contributed by atoms with Gasteiger partial charge in [0.25, 0.3) is 0 Å². The van der Waals surface area contributed by atoms with Crippen LogP contribution in [0.4, 0.5) is 0 Å². The summed E-state index contributed by atoms with van der Waals surface area (Å²) in [6.07, 6.45) is 4.48. The van der Waals surface area contributed by atoms with Crippen molar-refractivity contribution in [2.24, 2.45) is 0 Å². The maximum atomic E-state index is 4.74. The van der Waals surface area contributed by atoms with Crippen LogP contribution in [0, 0.1) is 27.7 Å². The molecule has 0 saturated carbocycles. The second-order valence-electron chi connectivity index (χ2n) is 7.46. The van der Waals surface area contributed by atoms with Crippen molar-refractivity contribution in [2.75, 3.05) is 13.1 Å². The summed E-state index contributed by atoms with van der Waals surface area (Å²) >= 11 is 0. The molecule has 0 radical (unpaired) electrons. The Balaban J connectivity index is 1.47.